The summed E-state index contributed by atoms with van der Waals surface area (Å²) >= 11 is 0. The predicted octanol–water partition coefficient (Wildman–Crippen LogP) is 1.92. The number of nitrogens with zero attached hydrogens (tertiary/aromatic N) is 1. The van der Waals surface area contributed by atoms with Gasteiger partial charge in [0.1, 0.15) is 18.1 Å². The van der Waals surface area contributed by atoms with Gasteiger partial charge >= 0.3 is 0 Å². The first-order valence-corrected chi connectivity index (χ1v) is 7.45. The van der Waals surface area contributed by atoms with E-state index in [0.29, 0.717) is 16.8 Å². The molecule has 0 aliphatic carbocycles. The summed E-state index contributed by atoms with van der Waals surface area (Å²) in [5, 5.41) is 5.23. The zero-order valence-electron chi connectivity index (χ0n) is 13.8. The van der Waals surface area contributed by atoms with Crippen LogP contribution in [-0.4, -0.2) is 32.0 Å². The molecule has 1 atom stereocenters. The summed E-state index contributed by atoms with van der Waals surface area (Å²) in [7, 11) is 3.51. The van der Waals surface area contributed by atoms with Crippen LogP contribution < -0.4 is 15.5 Å². The molecule has 0 radical (unpaired) electrons. The lowest BCUT2D eigenvalue weighted by molar-refractivity contribution is -0.122. The number of halogens is 1. The zero-order valence-corrected chi connectivity index (χ0v) is 13.8. The molecular formula is C17H20FN3O3. The van der Waals surface area contributed by atoms with Crippen molar-refractivity contribution in [2.24, 2.45) is 0 Å². The van der Waals surface area contributed by atoms with E-state index >= 15 is 0 Å². The summed E-state index contributed by atoms with van der Waals surface area (Å²) in [6.07, 6.45) is 2.68. The van der Waals surface area contributed by atoms with Gasteiger partial charge in [0.2, 0.25) is 5.91 Å². The van der Waals surface area contributed by atoms with E-state index in [1.165, 1.54) is 24.7 Å². The van der Waals surface area contributed by atoms with E-state index < -0.39 is 11.9 Å². The van der Waals surface area contributed by atoms with Gasteiger partial charge in [0.25, 0.3) is 5.91 Å². The van der Waals surface area contributed by atoms with Crippen LogP contribution in [0.15, 0.2) is 41.2 Å². The second-order valence-corrected chi connectivity index (χ2v) is 5.61. The van der Waals surface area contributed by atoms with Crippen LogP contribution in [0.3, 0.4) is 0 Å². The van der Waals surface area contributed by atoms with Crippen LogP contribution in [0.1, 0.15) is 22.8 Å². The van der Waals surface area contributed by atoms with Gasteiger partial charge in [-0.25, -0.2) is 4.39 Å². The van der Waals surface area contributed by atoms with Gasteiger partial charge < -0.3 is 20.0 Å². The quantitative estimate of drug-likeness (QED) is 0.847. The van der Waals surface area contributed by atoms with Crippen molar-refractivity contribution in [1.29, 1.82) is 0 Å². The Bertz CT molecular complexity index is 714. The summed E-state index contributed by atoms with van der Waals surface area (Å²) in [6.45, 7) is 1.75. The first-order chi connectivity index (χ1) is 11.4. The Morgan fingerprint density at radius 1 is 1.29 bits per heavy atom. The Hall–Kier alpha value is -2.83. The molecule has 1 aromatic heterocycles. The van der Waals surface area contributed by atoms with Gasteiger partial charge in [-0.15, -0.1) is 0 Å². The third kappa shape index (κ3) is 4.34. The van der Waals surface area contributed by atoms with Crippen molar-refractivity contribution >= 4 is 17.5 Å². The normalized spacial score (nSPS) is 11.7. The molecule has 24 heavy (non-hydrogen) atoms. The fraction of sp³-hybridized carbons (Fsp3) is 0.294. The molecule has 2 N–H and O–H groups in total. The number of furan rings is 1. The maximum atomic E-state index is 13.9. The van der Waals surface area contributed by atoms with Crippen LogP contribution in [0.25, 0.3) is 0 Å². The highest BCUT2D eigenvalue weighted by Crippen LogP contribution is 2.18. The summed E-state index contributed by atoms with van der Waals surface area (Å²) in [5.41, 5.74) is 1.46. The smallest absolute Gasteiger partial charge is 0.255 e. The van der Waals surface area contributed by atoms with Gasteiger partial charge in [0.05, 0.1) is 17.5 Å². The lowest BCUT2D eigenvalue weighted by Gasteiger charge is -2.16. The number of hydrogen-bond acceptors (Lipinski definition) is 4. The number of benzene rings is 1. The van der Waals surface area contributed by atoms with Crippen LogP contribution in [0.2, 0.25) is 0 Å². The minimum Gasteiger partial charge on any atom is -0.472 e. The van der Waals surface area contributed by atoms with Gasteiger partial charge in [0, 0.05) is 20.6 Å². The van der Waals surface area contributed by atoms with E-state index in [-0.39, 0.29) is 18.3 Å². The molecule has 0 saturated carbocycles. The van der Waals surface area contributed by atoms with E-state index in [0.717, 1.165) is 0 Å². The summed E-state index contributed by atoms with van der Waals surface area (Å²) in [4.78, 5) is 25.5. The summed E-state index contributed by atoms with van der Waals surface area (Å²) in [5.74, 6) is -1.11. The zero-order chi connectivity index (χ0) is 17.7. The van der Waals surface area contributed by atoms with Gasteiger partial charge in [-0.3, -0.25) is 9.59 Å². The summed E-state index contributed by atoms with van der Waals surface area (Å²) < 4.78 is 18.7. The Morgan fingerprint density at radius 3 is 2.62 bits per heavy atom. The number of amides is 2. The monoisotopic (exact) mass is 333 g/mol. The van der Waals surface area contributed by atoms with Crippen molar-refractivity contribution in [3.8, 4) is 0 Å². The van der Waals surface area contributed by atoms with Crippen molar-refractivity contribution in [3.63, 3.8) is 0 Å². The van der Waals surface area contributed by atoms with Crippen LogP contribution in [-0.2, 0) is 11.3 Å². The molecule has 2 rings (SSSR count). The molecule has 0 fully saturated rings. The highest BCUT2D eigenvalue weighted by molar-refractivity contribution is 5.97. The van der Waals surface area contributed by atoms with E-state index in [1.807, 2.05) is 0 Å². The number of rotatable bonds is 6. The molecule has 0 aliphatic rings. The molecule has 2 amide bonds. The minimum atomic E-state index is -0.724. The third-order valence-corrected chi connectivity index (χ3v) is 3.48. The van der Waals surface area contributed by atoms with Crippen LogP contribution in [0, 0.1) is 5.82 Å². The first kappa shape index (κ1) is 17.5. The van der Waals surface area contributed by atoms with Crippen molar-refractivity contribution < 1.29 is 18.4 Å². The van der Waals surface area contributed by atoms with Crippen molar-refractivity contribution in [1.82, 2.24) is 10.6 Å². The molecule has 6 nitrogen and oxygen atoms in total. The Kier molecular flexibility index (Phi) is 5.57. The molecule has 2 aromatic rings. The minimum absolute atomic E-state index is 0.176. The van der Waals surface area contributed by atoms with Gasteiger partial charge in [0.15, 0.2) is 0 Å². The standard InChI is InChI=1S/C17H20FN3O3/c1-11(20-17(23)13-6-7-24-10-13)16(22)19-9-12-4-5-15(21(2)3)14(18)8-12/h4-8,10-11H,9H2,1-3H3,(H,19,22)(H,20,23)/t11-/m1/s1. The topological polar surface area (TPSA) is 74.6 Å². The molecule has 128 valence electrons. The number of carbonyl (C=O) groups is 2. The fourth-order valence-corrected chi connectivity index (χ4v) is 2.10. The largest absolute Gasteiger partial charge is 0.472 e. The lowest BCUT2D eigenvalue weighted by atomic mass is 10.2. The molecule has 7 heteroatoms. The lowest BCUT2D eigenvalue weighted by Crippen LogP contribution is -2.44. The van der Waals surface area contributed by atoms with Crippen molar-refractivity contribution in [2.45, 2.75) is 19.5 Å². The van der Waals surface area contributed by atoms with Crippen LogP contribution >= 0.6 is 0 Å². The molecule has 0 saturated heterocycles. The molecular weight excluding hydrogens is 313 g/mol. The molecule has 0 bridgehead atoms. The number of nitrogens with one attached hydrogen (secondary N) is 2. The second-order valence-electron chi connectivity index (χ2n) is 5.61. The van der Waals surface area contributed by atoms with Crippen molar-refractivity contribution in [2.75, 3.05) is 19.0 Å². The van der Waals surface area contributed by atoms with Gasteiger partial charge in [-0.2, -0.15) is 0 Å². The molecule has 0 spiro atoms. The van der Waals surface area contributed by atoms with E-state index in [1.54, 1.807) is 38.1 Å². The fourth-order valence-electron chi connectivity index (χ4n) is 2.10. The molecule has 0 aliphatic heterocycles. The SMILES string of the molecule is C[C@@H](NC(=O)c1ccoc1)C(=O)NCc1ccc(N(C)C)c(F)c1. The molecule has 1 aromatic carbocycles. The number of hydrogen-bond donors (Lipinski definition) is 2. The van der Waals surface area contributed by atoms with Crippen LogP contribution in [0.4, 0.5) is 10.1 Å². The number of anilines is 1. The summed E-state index contributed by atoms with van der Waals surface area (Å²) in [6, 6.07) is 5.56. The molecule has 1 heterocycles. The Balaban J connectivity index is 1.88. The van der Waals surface area contributed by atoms with Crippen molar-refractivity contribution in [3.05, 3.63) is 53.7 Å². The molecule has 0 unspecified atom stereocenters. The first-order valence-electron chi connectivity index (χ1n) is 7.45. The third-order valence-electron chi connectivity index (χ3n) is 3.48. The van der Waals surface area contributed by atoms with Gasteiger partial charge in [-0.05, 0) is 30.7 Å². The van der Waals surface area contributed by atoms with E-state index in [4.69, 9.17) is 4.42 Å². The highest BCUT2D eigenvalue weighted by atomic mass is 19.1. The van der Waals surface area contributed by atoms with Gasteiger partial charge in [-0.1, -0.05) is 6.07 Å². The Labute approximate surface area is 139 Å². The average molecular weight is 333 g/mol. The van der Waals surface area contributed by atoms with E-state index in [9.17, 15) is 14.0 Å². The van der Waals surface area contributed by atoms with Crippen LogP contribution in [0.5, 0.6) is 0 Å². The highest BCUT2D eigenvalue weighted by Gasteiger charge is 2.17. The average Bonchev–Trinajstić information content (AvgIpc) is 3.06. The Morgan fingerprint density at radius 2 is 2.04 bits per heavy atom. The second kappa shape index (κ2) is 7.63. The predicted molar refractivity (Wildman–Crippen MR) is 88.2 cm³/mol. The maximum absolute atomic E-state index is 13.9. The maximum Gasteiger partial charge on any atom is 0.255 e. The number of carbonyl (C=O) groups excluding carboxylic acids is 2. The van der Waals surface area contributed by atoms with E-state index in [2.05, 4.69) is 10.6 Å².